The first-order chi connectivity index (χ1) is 17.4. The van der Waals surface area contributed by atoms with Crippen LogP contribution in [0.25, 0.3) is 10.8 Å². The molecule has 1 fully saturated rings. The molecule has 36 heavy (non-hydrogen) atoms. The minimum absolute atomic E-state index is 0.0266. The van der Waals surface area contributed by atoms with Crippen LogP contribution in [0.3, 0.4) is 0 Å². The summed E-state index contributed by atoms with van der Waals surface area (Å²) in [7, 11) is -1.57. The van der Waals surface area contributed by atoms with Gasteiger partial charge in [0.15, 0.2) is 0 Å². The monoisotopic (exact) mass is 505 g/mol. The average Bonchev–Trinajstić information content (AvgIpc) is 2.91. The Morgan fingerprint density at radius 3 is 2.36 bits per heavy atom. The van der Waals surface area contributed by atoms with E-state index < -0.39 is 22.9 Å². The van der Waals surface area contributed by atoms with Gasteiger partial charge in [0, 0.05) is 25.1 Å². The van der Waals surface area contributed by atoms with Gasteiger partial charge in [0.1, 0.15) is 22.9 Å². The highest BCUT2D eigenvalue weighted by atomic mass is 32.2. The number of nitrogens with two attached hydrogens (primary N) is 1. The molecule has 3 aromatic carbocycles. The molecule has 0 spiro atoms. The van der Waals surface area contributed by atoms with Crippen molar-refractivity contribution in [2.24, 2.45) is 5.73 Å². The topological polar surface area (TPSA) is 128 Å². The van der Waals surface area contributed by atoms with Crippen molar-refractivity contribution in [2.75, 3.05) is 19.6 Å². The summed E-state index contributed by atoms with van der Waals surface area (Å²) in [6.07, 6.45) is 3.31. The van der Waals surface area contributed by atoms with Gasteiger partial charge in [-0.3, -0.25) is 15.0 Å². The van der Waals surface area contributed by atoms with E-state index in [-0.39, 0.29) is 18.3 Å². The summed E-state index contributed by atoms with van der Waals surface area (Å²) in [5, 5.41) is 12.4. The molecular formula is C27H31N5O3S. The lowest BCUT2D eigenvalue weighted by Gasteiger charge is -2.31. The van der Waals surface area contributed by atoms with Crippen molar-refractivity contribution in [1.82, 2.24) is 14.9 Å². The molecule has 1 heterocycles. The fraction of sp³-hybridized carbons (Fsp3) is 0.296. The third-order valence-corrected chi connectivity index (χ3v) is 7.39. The van der Waals surface area contributed by atoms with Gasteiger partial charge in [0.2, 0.25) is 11.8 Å². The molecule has 8 nitrogen and oxygen atoms in total. The van der Waals surface area contributed by atoms with Crippen molar-refractivity contribution in [2.45, 2.75) is 36.6 Å². The van der Waals surface area contributed by atoms with Gasteiger partial charge in [-0.1, -0.05) is 54.6 Å². The van der Waals surface area contributed by atoms with Gasteiger partial charge in [0.05, 0.1) is 11.4 Å². The number of amides is 2. The van der Waals surface area contributed by atoms with Crippen molar-refractivity contribution in [3.8, 4) is 0 Å². The highest BCUT2D eigenvalue weighted by molar-refractivity contribution is 7.83. The Labute approximate surface area is 213 Å². The van der Waals surface area contributed by atoms with E-state index in [1.54, 1.807) is 23.1 Å². The number of rotatable bonds is 9. The number of nitrogen functional groups attached to an aromatic ring is 1. The first-order valence-corrected chi connectivity index (χ1v) is 13.2. The van der Waals surface area contributed by atoms with Crippen LogP contribution in [0.15, 0.2) is 71.6 Å². The van der Waals surface area contributed by atoms with E-state index in [4.69, 9.17) is 11.1 Å². The highest BCUT2D eigenvalue weighted by Crippen LogP contribution is 2.17. The number of piperidine rings is 1. The zero-order valence-corrected chi connectivity index (χ0v) is 20.9. The maximum Gasteiger partial charge on any atom is 0.245 e. The first kappa shape index (κ1) is 25.5. The number of carbonyl (C=O) groups is 2. The average molecular weight is 506 g/mol. The van der Waals surface area contributed by atoms with Crippen molar-refractivity contribution in [3.63, 3.8) is 0 Å². The second-order valence-corrected chi connectivity index (χ2v) is 10.2. The van der Waals surface area contributed by atoms with Crippen LogP contribution < -0.4 is 15.8 Å². The normalized spacial score (nSPS) is 15.3. The number of carbonyl (C=O) groups excluding carboxylic acids is 2. The van der Waals surface area contributed by atoms with Gasteiger partial charge in [-0.25, -0.2) is 8.93 Å². The Balaban J connectivity index is 1.41. The molecule has 5 N–H and O–H groups in total. The number of likely N-dealkylation sites (tertiary alicyclic amines) is 1. The van der Waals surface area contributed by atoms with E-state index in [1.807, 2.05) is 48.5 Å². The molecule has 3 aromatic rings. The number of benzene rings is 3. The summed E-state index contributed by atoms with van der Waals surface area (Å²) in [4.78, 5) is 28.5. The summed E-state index contributed by atoms with van der Waals surface area (Å²) in [5.41, 5.74) is 6.99. The van der Waals surface area contributed by atoms with Gasteiger partial charge in [-0.2, -0.15) is 0 Å². The molecule has 1 aliphatic heterocycles. The first-order valence-electron chi connectivity index (χ1n) is 12.1. The van der Waals surface area contributed by atoms with Gasteiger partial charge in [-0.15, -0.1) is 0 Å². The number of nitrogens with one attached hydrogen (secondary N) is 3. The van der Waals surface area contributed by atoms with Crippen LogP contribution in [0, 0.1) is 5.41 Å². The third kappa shape index (κ3) is 6.56. The Morgan fingerprint density at radius 2 is 1.67 bits per heavy atom. The molecule has 0 aliphatic carbocycles. The molecule has 2 atom stereocenters. The number of amidine groups is 1. The zero-order chi connectivity index (χ0) is 25.5. The summed E-state index contributed by atoms with van der Waals surface area (Å²) in [6, 6.07) is 19.7. The van der Waals surface area contributed by atoms with Gasteiger partial charge < -0.3 is 16.0 Å². The zero-order valence-electron chi connectivity index (χ0n) is 20.0. The largest absolute Gasteiger partial charge is 0.384 e. The number of nitrogens with zero attached hydrogens (tertiary/aromatic N) is 1. The van der Waals surface area contributed by atoms with E-state index >= 15 is 0 Å². The summed E-state index contributed by atoms with van der Waals surface area (Å²) >= 11 is 0. The molecule has 4 rings (SSSR count). The van der Waals surface area contributed by atoms with Crippen LogP contribution in [0.1, 0.15) is 30.4 Å². The van der Waals surface area contributed by atoms with Crippen molar-refractivity contribution >= 4 is 39.4 Å². The molecule has 0 radical (unpaired) electrons. The maximum atomic E-state index is 13.3. The Morgan fingerprint density at radius 1 is 0.972 bits per heavy atom. The number of hydrogen-bond acceptors (Lipinski definition) is 4. The van der Waals surface area contributed by atoms with E-state index in [0.717, 1.165) is 35.6 Å². The highest BCUT2D eigenvalue weighted by Gasteiger charge is 2.27. The quantitative estimate of drug-likeness (QED) is 0.263. The Bertz CT molecular complexity index is 1270. The molecule has 0 saturated carbocycles. The van der Waals surface area contributed by atoms with E-state index in [9.17, 15) is 13.8 Å². The lowest BCUT2D eigenvalue weighted by molar-refractivity contribution is -0.137. The molecule has 1 unspecified atom stereocenters. The van der Waals surface area contributed by atoms with Crippen LogP contribution >= 0.6 is 0 Å². The summed E-state index contributed by atoms with van der Waals surface area (Å²) in [6.45, 7) is 1.17. The number of hydrogen-bond donors (Lipinski definition) is 4. The van der Waals surface area contributed by atoms with Gasteiger partial charge >= 0.3 is 0 Å². The Hall–Kier alpha value is -3.56. The predicted octanol–water partition coefficient (Wildman–Crippen LogP) is 2.48. The second-order valence-electron chi connectivity index (χ2n) is 8.92. The molecule has 0 bridgehead atoms. The van der Waals surface area contributed by atoms with Crippen LogP contribution in [0.4, 0.5) is 0 Å². The van der Waals surface area contributed by atoms with Crippen LogP contribution in [0.2, 0.25) is 0 Å². The van der Waals surface area contributed by atoms with E-state index in [0.29, 0.717) is 30.0 Å². The van der Waals surface area contributed by atoms with E-state index in [1.165, 1.54) is 0 Å². The smallest absolute Gasteiger partial charge is 0.245 e. The Kier molecular flexibility index (Phi) is 8.45. The van der Waals surface area contributed by atoms with Crippen LogP contribution in [0.5, 0.6) is 0 Å². The predicted molar refractivity (Wildman–Crippen MR) is 142 cm³/mol. The number of fused-ring (bicyclic) bond motifs is 1. The van der Waals surface area contributed by atoms with Gasteiger partial charge in [-0.05, 0) is 47.7 Å². The van der Waals surface area contributed by atoms with Crippen molar-refractivity contribution in [1.29, 1.82) is 5.41 Å². The molecular weight excluding hydrogens is 474 g/mol. The summed E-state index contributed by atoms with van der Waals surface area (Å²) < 4.78 is 15.5. The maximum absolute atomic E-state index is 13.3. The lowest BCUT2D eigenvalue weighted by Crippen LogP contribution is -2.52. The fourth-order valence-corrected chi connectivity index (χ4v) is 5.19. The molecule has 188 valence electrons. The minimum atomic E-state index is -1.57. The lowest BCUT2D eigenvalue weighted by atomic mass is 10.0. The summed E-state index contributed by atoms with van der Waals surface area (Å²) in [5.74, 6) is -0.546. The fourth-order valence-electron chi connectivity index (χ4n) is 4.33. The SMILES string of the molecule is N=C(N)c1ccc(C[C@@H](NC(=O)CNS(=O)c2ccc3ccccc3c2)C(=O)N2CCCCC2)cc1. The molecule has 2 amide bonds. The minimum Gasteiger partial charge on any atom is -0.384 e. The van der Waals surface area contributed by atoms with Crippen molar-refractivity contribution < 1.29 is 13.8 Å². The van der Waals surface area contributed by atoms with Crippen LogP contribution in [-0.2, 0) is 27.0 Å². The van der Waals surface area contributed by atoms with E-state index in [2.05, 4.69) is 10.0 Å². The molecule has 0 aromatic heterocycles. The molecule has 9 heteroatoms. The van der Waals surface area contributed by atoms with Crippen LogP contribution in [-0.4, -0.2) is 52.4 Å². The third-order valence-electron chi connectivity index (χ3n) is 6.30. The van der Waals surface area contributed by atoms with Gasteiger partial charge in [0.25, 0.3) is 0 Å². The standard InChI is InChI=1S/C27H31N5O3S/c28-26(29)21-10-8-19(9-11-21)16-24(27(34)32-14-4-1-5-15-32)31-25(33)18-30-36(35)23-13-12-20-6-2-3-7-22(20)17-23/h2-3,6-13,17,24,30H,1,4-5,14-16,18H2,(H3,28,29)(H,31,33)/t24-,36?/m1/s1. The second kappa shape index (κ2) is 11.9. The molecule has 1 saturated heterocycles. The molecule has 1 aliphatic rings. The van der Waals surface area contributed by atoms with Crippen molar-refractivity contribution in [3.05, 3.63) is 77.9 Å².